The molecule has 0 heterocycles. The second kappa shape index (κ2) is 8.65. The maximum absolute atomic E-state index is 12.1. The maximum Gasteiger partial charge on any atom is 0.311 e. The number of carbonyl (C=O) groups excluding carboxylic acids is 2. The fraction of sp³-hybridized carbons (Fsp3) is 0.364. The average Bonchev–Trinajstić information content (AvgIpc) is 2.64. The number of hydrogen-bond donors (Lipinski definition) is 0. The highest BCUT2D eigenvalue weighted by atomic mass is 16.5. The largest absolute Gasteiger partial charge is 0.461 e. The molecule has 0 aromatic heterocycles. The van der Waals surface area contributed by atoms with Crippen molar-refractivity contribution in [3.05, 3.63) is 59.7 Å². The van der Waals surface area contributed by atoms with Gasteiger partial charge in [-0.05, 0) is 49.1 Å². The summed E-state index contributed by atoms with van der Waals surface area (Å²) in [6.07, 6.45) is 0.354. The first-order chi connectivity index (χ1) is 12.3. The van der Waals surface area contributed by atoms with Crippen molar-refractivity contribution in [2.24, 2.45) is 5.41 Å². The average molecular weight is 354 g/mol. The summed E-state index contributed by atoms with van der Waals surface area (Å²) in [6, 6.07) is 15.7. The van der Waals surface area contributed by atoms with E-state index in [1.54, 1.807) is 6.92 Å². The lowest BCUT2D eigenvalue weighted by molar-refractivity contribution is -0.154. The second-order valence-electron chi connectivity index (χ2n) is 7.20. The lowest BCUT2D eigenvalue weighted by Crippen LogP contribution is -2.22. The fourth-order valence-corrected chi connectivity index (χ4v) is 2.35. The summed E-state index contributed by atoms with van der Waals surface area (Å²) in [5, 5.41) is 0. The van der Waals surface area contributed by atoms with Crippen molar-refractivity contribution in [3.63, 3.8) is 0 Å². The van der Waals surface area contributed by atoms with Gasteiger partial charge in [0.05, 0.1) is 5.41 Å². The van der Waals surface area contributed by atoms with E-state index in [1.807, 2.05) is 69.3 Å². The van der Waals surface area contributed by atoms with E-state index in [2.05, 4.69) is 0 Å². The first-order valence-electron chi connectivity index (χ1n) is 8.81. The predicted octanol–water partition coefficient (Wildman–Crippen LogP) is 4.90. The molecule has 0 radical (unpaired) electrons. The highest BCUT2D eigenvalue weighted by molar-refractivity contribution is 5.76. The summed E-state index contributed by atoms with van der Waals surface area (Å²) in [7, 11) is 0. The highest BCUT2D eigenvalue weighted by Crippen LogP contribution is 2.27. The van der Waals surface area contributed by atoms with Gasteiger partial charge in [0.1, 0.15) is 13.2 Å². The molecule has 26 heavy (non-hydrogen) atoms. The van der Waals surface area contributed by atoms with Gasteiger partial charge in [-0.2, -0.15) is 0 Å². The van der Waals surface area contributed by atoms with E-state index in [0.29, 0.717) is 6.42 Å². The molecule has 0 atom stereocenters. The van der Waals surface area contributed by atoms with E-state index in [-0.39, 0.29) is 25.2 Å². The van der Waals surface area contributed by atoms with Crippen molar-refractivity contribution in [1.82, 2.24) is 0 Å². The van der Waals surface area contributed by atoms with Crippen molar-refractivity contribution < 1.29 is 19.1 Å². The summed E-state index contributed by atoms with van der Waals surface area (Å²) >= 11 is 0. The quantitative estimate of drug-likeness (QED) is 0.693. The molecule has 2 aromatic rings. The number of benzene rings is 2. The van der Waals surface area contributed by atoms with Crippen LogP contribution >= 0.6 is 0 Å². The minimum absolute atomic E-state index is 0.204. The minimum Gasteiger partial charge on any atom is -0.461 e. The normalized spacial score (nSPS) is 11.1. The molecule has 0 aliphatic heterocycles. The van der Waals surface area contributed by atoms with E-state index in [1.165, 1.54) is 0 Å². The van der Waals surface area contributed by atoms with E-state index >= 15 is 0 Å². The Morgan fingerprint density at radius 2 is 1.62 bits per heavy atom. The van der Waals surface area contributed by atoms with Gasteiger partial charge in [0.25, 0.3) is 0 Å². The summed E-state index contributed by atoms with van der Waals surface area (Å²) in [6.45, 7) is 7.70. The van der Waals surface area contributed by atoms with E-state index in [4.69, 9.17) is 9.47 Å². The van der Waals surface area contributed by atoms with Crippen molar-refractivity contribution in [2.75, 3.05) is 0 Å². The molecule has 0 bridgehead atoms. The SMILES string of the molecule is CCC(=O)OCc1ccc(COC(=O)C(C)(C)C)c(-c2ccccc2)c1. The Balaban J connectivity index is 2.26. The molecule has 0 N–H and O–H groups in total. The van der Waals surface area contributed by atoms with Crippen LogP contribution in [0.2, 0.25) is 0 Å². The Morgan fingerprint density at radius 1 is 0.923 bits per heavy atom. The van der Waals surface area contributed by atoms with Gasteiger partial charge >= 0.3 is 11.9 Å². The van der Waals surface area contributed by atoms with Crippen molar-refractivity contribution in [1.29, 1.82) is 0 Å². The Labute approximate surface area is 155 Å². The lowest BCUT2D eigenvalue weighted by atomic mass is 9.96. The van der Waals surface area contributed by atoms with Crippen LogP contribution in [-0.4, -0.2) is 11.9 Å². The molecule has 0 amide bonds. The molecule has 0 saturated heterocycles. The van der Waals surface area contributed by atoms with Crippen molar-refractivity contribution >= 4 is 11.9 Å². The third-order valence-corrected chi connectivity index (χ3v) is 3.92. The number of hydrogen-bond acceptors (Lipinski definition) is 4. The molecule has 2 rings (SSSR count). The van der Waals surface area contributed by atoms with Crippen molar-refractivity contribution in [2.45, 2.75) is 47.3 Å². The van der Waals surface area contributed by atoms with Crippen LogP contribution in [0.15, 0.2) is 48.5 Å². The Morgan fingerprint density at radius 3 is 2.23 bits per heavy atom. The predicted molar refractivity (Wildman–Crippen MR) is 101 cm³/mol. The molecule has 0 fully saturated rings. The molecule has 138 valence electrons. The van der Waals surface area contributed by atoms with Crippen LogP contribution in [0.25, 0.3) is 11.1 Å². The van der Waals surface area contributed by atoms with Crippen LogP contribution in [-0.2, 0) is 32.3 Å². The first-order valence-corrected chi connectivity index (χ1v) is 8.81. The zero-order chi connectivity index (χ0) is 19.2. The summed E-state index contributed by atoms with van der Waals surface area (Å²) in [5.74, 6) is -0.466. The third-order valence-electron chi connectivity index (χ3n) is 3.92. The third kappa shape index (κ3) is 5.45. The molecular weight excluding hydrogens is 328 g/mol. The fourth-order valence-electron chi connectivity index (χ4n) is 2.35. The van der Waals surface area contributed by atoms with Gasteiger partial charge in [0.15, 0.2) is 0 Å². The van der Waals surface area contributed by atoms with Crippen LogP contribution in [0, 0.1) is 5.41 Å². The number of carbonyl (C=O) groups is 2. The van der Waals surface area contributed by atoms with Gasteiger partial charge in [-0.3, -0.25) is 9.59 Å². The molecule has 4 heteroatoms. The second-order valence-corrected chi connectivity index (χ2v) is 7.20. The number of ether oxygens (including phenoxy) is 2. The van der Waals surface area contributed by atoms with Gasteiger partial charge in [-0.1, -0.05) is 49.4 Å². The Hall–Kier alpha value is -2.62. The molecule has 0 aliphatic carbocycles. The van der Waals surface area contributed by atoms with Crippen LogP contribution in [0.1, 0.15) is 45.2 Å². The monoisotopic (exact) mass is 354 g/mol. The first kappa shape index (κ1) is 19.7. The van der Waals surface area contributed by atoms with Crippen LogP contribution in [0.3, 0.4) is 0 Å². The summed E-state index contributed by atoms with van der Waals surface area (Å²) in [4.78, 5) is 23.5. The molecular formula is C22H26O4. The summed E-state index contributed by atoms with van der Waals surface area (Å²) in [5.41, 5.74) is 3.27. The van der Waals surface area contributed by atoms with E-state index in [0.717, 1.165) is 22.3 Å². The highest BCUT2D eigenvalue weighted by Gasteiger charge is 2.23. The number of esters is 2. The van der Waals surface area contributed by atoms with E-state index < -0.39 is 5.41 Å². The van der Waals surface area contributed by atoms with Gasteiger partial charge in [0.2, 0.25) is 0 Å². The molecule has 0 saturated carbocycles. The van der Waals surface area contributed by atoms with Gasteiger partial charge in [-0.15, -0.1) is 0 Å². The molecule has 4 nitrogen and oxygen atoms in total. The maximum atomic E-state index is 12.1. The van der Waals surface area contributed by atoms with Crippen LogP contribution in [0.4, 0.5) is 0 Å². The lowest BCUT2D eigenvalue weighted by Gasteiger charge is -2.18. The van der Waals surface area contributed by atoms with Crippen LogP contribution in [0.5, 0.6) is 0 Å². The molecule has 0 aliphatic rings. The van der Waals surface area contributed by atoms with Crippen LogP contribution < -0.4 is 0 Å². The van der Waals surface area contributed by atoms with Crippen molar-refractivity contribution in [3.8, 4) is 11.1 Å². The molecule has 2 aromatic carbocycles. The van der Waals surface area contributed by atoms with Gasteiger partial charge in [0, 0.05) is 6.42 Å². The molecule has 0 spiro atoms. The Bertz CT molecular complexity index is 757. The standard InChI is InChI=1S/C22H26O4/c1-5-20(23)25-14-16-11-12-18(15-26-21(24)22(2,3)4)19(13-16)17-9-7-6-8-10-17/h6-13H,5,14-15H2,1-4H3. The smallest absolute Gasteiger partial charge is 0.311 e. The molecule has 0 unspecified atom stereocenters. The topological polar surface area (TPSA) is 52.6 Å². The number of rotatable bonds is 6. The minimum atomic E-state index is -0.540. The zero-order valence-electron chi connectivity index (χ0n) is 15.9. The zero-order valence-corrected chi connectivity index (χ0v) is 15.9. The Kier molecular flexibility index (Phi) is 6.56. The van der Waals surface area contributed by atoms with E-state index in [9.17, 15) is 9.59 Å². The van der Waals surface area contributed by atoms with Gasteiger partial charge < -0.3 is 9.47 Å². The van der Waals surface area contributed by atoms with Gasteiger partial charge in [-0.25, -0.2) is 0 Å². The summed E-state index contributed by atoms with van der Waals surface area (Å²) < 4.78 is 10.7.